The van der Waals surface area contributed by atoms with Gasteiger partial charge < -0.3 is 15.7 Å². The molecular weight excluding hydrogens is 244 g/mol. The number of carboxylic acids is 1. The summed E-state index contributed by atoms with van der Waals surface area (Å²) in [5, 5.41) is 15.0. The van der Waals surface area contributed by atoms with Gasteiger partial charge in [0.05, 0.1) is 0 Å². The molecule has 3 aliphatic rings. The van der Waals surface area contributed by atoms with E-state index < -0.39 is 11.5 Å². The molecule has 0 aliphatic heterocycles. The number of fused-ring (bicyclic) bond motifs is 2. The van der Waals surface area contributed by atoms with Crippen LogP contribution < -0.4 is 10.6 Å². The topological polar surface area (TPSA) is 78.4 Å². The Morgan fingerprint density at radius 3 is 2.37 bits per heavy atom. The molecule has 5 nitrogen and oxygen atoms in total. The number of hydrogen-bond donors (Lipinski definition) is 3. The molecular formula is C14H22N2O3. The minimum atomic E-state index is -1.11. The number of amides is 2. The molecule has 5 heteroatoms. The van der Waals surface area contributed by atoms with E-state index in [9.17, 15) is 14.7 Å². The highest BCUT2D eigenvalue weighted by molar-refractivity contribution is 5.86. The molecule has 2 amide bonds. The van der Waals surface area contributed by atoms with Crippen LogP contribution in [0.5, 0.6) is 0 Å². The molecule has 4 unspecified atom stereocenters. The van der Waals surface area contributed by atoms with Crippen LogP contribution in [-0.4, -0.2) is 28.7 Å². The third-order valence-corrected chi connectivity index (χ3v) is 5.27. The molecule has 0 aromatic carbocycles. The van der Waals surface area contributed by atoms with Gasteiger partial charge in [-0.2, -0.15) is 0 Å². The van der Waals surface area contributed by atoms with Crippen LogP contribution in [0.2, 0.25) is 0 Å². The summed E-state index contributed by atoms with van der Waals surface area (Å²) in [6.07, 6.45) is 6.55. The third-order valence-electron chi connectivity index (χ3n) is 5.27. The Morgan fingerprint density at radius 1 is 1.16 bits per heavy atom. The lowest BCUT2D eigenvalue weighted by Gasteiger charge is -2.29. The Kier molecular flexibility index (Phi) is 2.95. The van der Waals surface area contributed by atoms with E-state index >= 15 is 0 Å². The van der Waals surface area contributed by atoms with Crippen molar-refractivity contribution in [3.63, 3.8) is 0 Å². The summed E-state index contributed by atoms with van der Waals surface area (Å²) in [4.78, 5) is 23.4. The summed E-state index contributed by atoms with van der Waals surface area (Å²) in [7, 11) is 0. The van der Waals surface area contributed by atoms with Gasteiger partial charge in [-0.1, -0.05) is 6.42 Å². The Bertz CT molecular complexity index is 407. The van der Waals surface area contributed by atoms with Gasteiger partial charge in [0.2, 0.25) is 0 Å². The van der Waals surface area contributed by atoms with Crippen LogP contribution in [0.15, 0.2) is 0 Å². The molecule has 106 valence electrons. The van der Waals surface area contributed by atoms with Crippen molar-refractivity contribution < 1.29 is 14.7 Å². The Balaban J connectivity index is 1.57. The number of aliphatic carboxylic acids is 1. The van der Waals surface area contributed by atoms with Gasteiger partial charge in [0, 0.05) is 6.04 Å². The maximum atomic E-state index is 12.0. The van der Waals surface area contributed by atoms with E-state index in [-0.39, 0.29) is 18.0 Å². The molecule has 0 saturated heterocycles. The quantitative estimate of drug-likeness (QED) is 0.725. The van der Waals surface area contributed by atoms with Gasteiger partial charge in [0.15, 0.2) is 0 Å². The van der Waals surface area contributed by atoms with Gasteiger partial charge in [-0.3, -0.25) is 0 Å². The number of nitrogens with one attached hydrogen (secondary N) is 2. The first-order chi connectivity index (χ1) is 8.99. The van der Waals surface area contributed by atoms with E-state index in [1.807, 2.05) is 0 Å². The van der Waals surface area contributed by atoms with Crippen molar-refractivity contribution in [1.82, 2.24) is 10.6 Å². The van der Waals surface area contributed by atoms with Crippen LogP contribution in [-0.2, 0) is 4.79 Å². The first-order valence-corrected chi connectivity index (χ1v) is 7.31. The SMILES string of the molecule is CC(NC(=O)NC1CC2CCC1C2)(C(=O)O)C1CC1. The Labute approximate surface area is 113 Å². The zero-order valence-corrected chi connectivity index (χ0v) is 11.3. The number of urea groups is 1. The van der Waals surface area contributed by atoms with E-state index in [0.29, 0.717) is 5.92 Å². The van der Waals surface area contributed by atoms with Crippen molar-refractivity contribution in [1.29, 1.82) is 0 Å². The zero-order chi connectivity index (χ0) is 13.6. The number of rotatable bonds is 4. The minimum absolute atomic E-state index is 0.0794. The highest BCUT2D eigenvalue weighted by Crippen LogP contribution is 2.44. The van der Waals surface area contributed by atoms with Crippen molar-refractivity contribution in [2.75, 3.05) is 0 Å². The largest absolute Gasteiger partial charge is 0.480 e. The number of carbonyl (C=O) groups is 2. The smallest absolute Gasteiger partial charge is 0.329 e. The van der Waals surface area contributed by atoms with Gasteiger partial charge >= 0.3 is 12.0 Å². The molecule has 0 aromatic rings. The molecule has 3 saturated carbocycles. The van der Waals surface area contributed by atoms with Gasteiger partial charge in [0.25, 0.3) is 0 Å². The van der Waals surface area contributed by atoms with Crippen LogP contribution in [0, 0.1) is 17.8 Å². The fourth-order valence-electron chi connectivity index (χ4n) is 3.85. The molecule has 3 N–H and O–H groups in total. The van der Waals surface area contributed by atoms with Crippen molar-refractivity contribution in [3.8, 4) is 0 Å². The van der Waals surface area contributed by atoms with Crippen LogP contribution in [0.3, 0.4) is 0 Å². The first kappa shape index (κ1) is 12.8. The summed E-state index contributed by atoms with van der Waals surface area (Å²) in [5.41, 5.74) is -1.11. The fourth-order valence-corrected chi connectivity index (χ4v) is 3.85. The molecule has 3 rings (SSSR count). The lowest BCUT2D eigenvalue weighted by atomic mass is 9.95. The van der Waals surface area contributed by atoms with E-state index in [2.05, 4.69) is 10.6 Å². The van der Waals surface area contributed by atoms with Crippen molar-refractivity contribution in [2.24, 2.45) is 17.8 Å². The van der Waals surface area contributed by atoms with Gasteiger partial charge in [-0.25, -0.2) is 9.59 Å². The summed E-state index contributed by atoms with van der Waals surface area (Å²) >= 11 is 0. The molecule has 19 heavy (non-hydrogen) atoms. The molecule has 0 spiro atoms. The van der Waals surface area contributed by atoms with Gasteiger partial charge in [-0.05, 0) is 56.8 Å². The predicted molar refractivity (Wildman–Crippen MR) is 69.7 cm³/mol. The minimum Gasteiger partial charge on any atom is -0.480 e. The zero-order valence-electron chi connectivity index (χ0n) is 11.3. The van der Waals surface area contributed by atoms with Gasteiger partial charge in [-0.15, -0.1) is 0 Å². The summed E-state index contributed by atoms with van der Waals surface area (Å²) in [6.45, 7) is 1.62. The molecule has 0 heterocycles. The lowest BCUT2D eigenvalue weighted by molar-refractivity contribution is -0.144. The highest BCUT2D eigenvalue weighted by Gasteiger charge is 2.49. The van der Waals surface area contributed by atoms with Crippen LogP contribution in [0.4, 0.5) is 4.79 Å². The van der Waals surface area contributed by atoms with Crippen molar-refractivity contribution in [3.05, 3.63) is 0 Å². The lowest BCUT2D eigenvalue weighted by Crippen LogP contribution is -2.58. The van der Waals surface area contributed by atoms with E-state index in [0.717, 1.165) is 25.2 Å². The molecule has 3 fully saturated rings. The number of carbonyl (C=O) groups excluding carboxylic acids is 1. The summed E-state index contributed by atoms with van der Waals surface area (Å²) in [6, 6.07) is -0.0645. The Hall–Kier alpha value is -1.26. The highest BCUT2D eigenvalue weighted by atomic mass is 16.4. The fraction of sp³-hybridized carbons (Fsp3) is 0.857. The van der Waals surface area contributed by atoms with Crippen molar-refractivity contribution in [2.45, 2.75) is 57.0 Å². The Morgan fingerprint density at radius 2 is 1.89 bits per heavy atom. The normalized spacial score (nSPS) is 35.7. The molecule has 2 bridgehead atoms. The predicted octanol–water partition coefficient (Wildman–Crippen LogP) is 1.73. The van der Waals surface area contributed by atoms with Gasteiger partial charge in [0.1, 0.15) is 5.54 Å². The standard InChI is InChI=1S/C14H22N2O3/c1-14(12(17)18,10-4-5-10)16-13(19)15-11-7-8-2-3-9(11)6-8/h8-11H,2-7H2,1H3,(H,17,18)(H2,15,16,19). The second kappa shape index (κ2) is 4.39. The molecule has 4 atom stereocenters. The summed E-state index contributed by atoms with van der Waals surface area (Å²) < 4.78 is 0. The molecule has 0 aromatic heterocycles. The average Bonchev–Trinajstić information content (AvgIpc) is 3.01. The summed E-state index contributed by atoms with van der Waals surface area (Å²) in [5.74, 6) is 0.520. The maximum absolute atomic E-state index is 12.0. The van der Waals surface area contributed by atoms with E-state index in [1.54, 1.807) is 6.92 Å². The third kappa shape index (κ3) is 2.30. The average molecular weight is 266 g/mol. The maximum Gasteiger partial charge on any atom is 0.329 e. The second-order valence-electron chi connectivity index (χ2n) is 6.66. The van der Waals surface area contributed by atoms with Crippen molar-refractivity contribution >= 4 is 12.0 Å². The van der Waals surface area contributed by atoms with Crippen LogP contribution in [0.25, 0.3) is 0 Å². The second-order valence-corrected chi connectivity index (χ2v) is 6.66. The molecule has 3 aliphatic carbocycles. The number of hydrogen-bond acceptors (Lipinski definition) is 2. The first-order valence-electron chi connectivity index (χ1n) is 7.31. The van der Waals surface area contributed by atoms with Crippen LogP contribution >= 0.6 is 0 Å². The van der Waals surface area contributed by atoms with E-state index in [4.69, 9.17) is 0 Å². The number of carboxylic acid groups (broad SMARTS) is 1. The molecule has 0 radical (unpaired) electrons. The monoisotopic (exact) mass is 266 g/mol. The van der Waals surface area contributed by atoms with Crippen LogP contribution in [0.1, 0.15) is 45.4 Å². The van der Waals surface area contributed by atoms with E-state index in [1.165, 1.54) is 19.3 Å².